The Balaban J connectivity index is 0.000000360. The summed E-state index contributed by atoms with van der Waals surface area (Å²) in [5.41, 5.74) is 2.05. The zero-order valence-electron chi connectivity index (χ0n) is 32.2. The van der Waals surface area contributed by atoms with E-state index in [-0.39, 0.29) is 28.7 Å². The molecule has 4 aliphatic heterocycles. The van der Waals surface area contributed by atoms with E-state index in [1.165, 1.54) is 30.4 Å². The van der Waals surface area contributed by atoms with E-state index < -0.39 is 26.8 Å². The van der Waals surface area contributed by atoms with Crippen LogP contribution in [0.15, 0.2) is 48.6 Å². The van der Waals surface area contributed by atoms with Crippen LogP contribution in [0.2, 0.25) is 5.02 Å². The lowest BCUT2D eigenvalue weighted by Crippen LogP contribution is -2.56. The molecule has 298 valence electrons. The van der Waals surface area contributed by atoms with Crippen LogP contribution < -0.4 is 19.7 Å². The van der Waals surface area contributed by atoms with Crippen LogP contribution in [0.4, 0.5) is 5.69 Å². The zero-order chi connectivity index (χ0) is 39.0. The summed E-state index contributed by atoms with van der Waals surface area (Å²) < 4.78 is 41.3. The van der Waals surface area contributed by atoms with Crippen molar-refractivity contribution in [3.05, 3.63) is 70.3 Å². The fourth-order valence-corrected chi connectivity index (χ4v) is 11.2. The molecule has 2 aliphatic carbocycles. The second-order valence-corrected chi connectivity index (χ2v) is 19.0. The summed E-state index contributed by atoms with van der Waals surface area (Å²) in [6.07, 6.45) is 13.3. The van der Waals surface area contributed by atoms with Gasteiger partial charge < -0.3 is 24.6 Å². The van der Waals surface area contributed by atoms with E-state index >= 15 is 0 Å². The number of benzene rings is 2. The number of hydrogen-bond acceptors (Lipinski definition) is 9. The van der Waals surface area contributed by atoms with Crippen LogP contribution >= 0.6 is 11.6 Å². The SMILES string of the molecule is CO[C@@]1(C=O)/C=C/C[C@H](C)[C@@H](C)S(=O)(=O)NC(=O)c2ccc3c(c2)N(C[C@@H]2CC[C@H]21)C[C@@]1(CCCc2cc(Cl)ccc21)CO3.O=C1CNC[C@H]2CCCCN12. The largest absolute Gasteiger partial charge is 0.490 e. The second kappa shape index (κ2) is 16.2. The van der Waals surface area contributed by atoms with E-state index in [4.69, 9.17) is 21.1 Å². The number of carbonyl (C=O) groups is 3. The maximum Gasteiger partial charge on any atom is 0.264 e. The molecule has 2 saturated heterocycles. The highest BCUT2D eigenvalue weighted by atomic mass is 35.5. The lowest BCUT2D eigenvalue weighted by Gasteiger charge is -2.48. The molecule has 2 aromatic rings. The van der Waals surface area contributed by atoms with Crippen LogP contribution in [0, 0.1) is 17.8 Å². The maximum absolute atomic E-state index is 13.4. The predicted octanol–water partition coefficient (Wildman–Crippen LogP) is 5.44. The number of piperazine rings is 1. The molecule has 11 nitrogen and oxygen atoms in total. The predicted molar refractivity (Wildman–Crippen MR) is 213 cm³/mol. The summed E-state index contributed by atoms with van der Waals surface area (Å²) >= 11 is 6.40. The fourth-order valence-electron chi connectivity index (χ4n) is 9.67. The van der Waals surface area contributed by atoms with E-state index in [2.05, 4.69) is 27.1 Å². The van der Waals surface area contributed by atoms with Gasteiger partial charge in [-0.15, -0.1) is 0 Å². The minimum absolute atomic E-state index is 0.0434. The second-order valence-electron chi connectivity index (χ2n) is 16.6. The Morgan fingerprint density at radius 2 is 1.89 bits per heavy atom. The number of amides is 2. The molecule has 7 atom stereocenters. The molecular formula is C42H55ClN4O7S. The molecule has 1 spiro atoms. The first-order chi connectivity index (χ1) is 26.4. The number of halogens is 1. The summed E-state index contributed by atoms with van der Waals surface area (Å²) in [5.74, 6) is 0.0899. The zero-order valence-corrected chi connectivity index (χ0v) is 33.8. The molecule has 0 radical (unpaired) electrons. The van der Waals surface area contributed by atoms with E-state index in [0.717, 1.165) is 57.2 Å². The van der Waals surface area contributed by atoms with Crippen molar-refractivity contribution in [2.75, 3.05) is 51.3 Å². The van der Waals surface area contributed by atoms with Crippen molar-refractivity contribution in [3.8, 4) is 5.75 Å². The normalized spacial score (nSPS) is 33.5. The van der Waals surface area contributed by atoms with Crippen molar-refractivity contribution >= 4 is 45.4 Å². The summed E-state index contributed by atoms with van der Waals surface area (Å²) in [6, 6.07) is 11.8. The number of aryl methyl sites for hydroxylation is 1. The smallest absolute Gasteiger partial charge is 0.264 e. The third-order valence-corrected chi connectivity index (χ3v) is 15.5. The molecule has 2 N–H and O–H groups in total. The minimum Gasteiger partial charge on any atom is -0.490 e. The van der Waals surface area contributed by atoms with Gasteiger partial charge in [0.1, 0.15) is 11.4 Å². The van der Waals surface area contributed by atoms with E-state index in [0.29, 0.717) is 55.4 Å². The lowest BCUT2D eigenvalue weighted by atomic mass is 9.64. The Morgan fingerprint density at radius 1 is 1.05 bits per heavy atom. The minimum atomic E-state index is -3.97. The number of allylic oxidation sites excluding steroid dienone is 1. The third-order valence-electron chi connectivity index (χ3n) is 13.3. The monoisotopic (exact) mass is 794 g/mol. The number of nitrogens with one attached hydrogen (secondary N) is 2. The molecule has 4 heterocycles. The first-order valence-electron chi connectivity index (χ1n) is 19.9. The van der Waals surface area contributed by atoms with Gasteiger partial charge in [-0.25, -0.2) is 13.1 Å². The van der Waals surface area contributed by atoms with Crippen LogP contribution in [0.1, 0.15) is 86.7 Å². The molecule has 0 aromatic heterocycles. The van der Waals surface area contributed by atoms with Gasteiger partial charge in [-0.3, -0.25) is 14.4 Å². The Hall–Kier alpha value is -3.45. The van der Waals surface area contributed by atoms with Gasteiger partial charge in [0.05, 0.1) is 24.1 Å². The van der Waals surface area contributed by atoms with Gasteiger partial charge in [0.25, 0.3) is 5.91 Å². The standard InChI is InChI=1S/C34H41ClN2O6S.C8H14N2O/c1-22-6-4-15-34(20-38,42-3)29-11-8-26(29)18-37-19-33(14-5-7-24-16-27(35)10-12-28(24)33)21-43-31-13-9-25(17-30(31)37)32(39)36-44(40,41)23(22)2;11-8-6-9-5-7-3-1-2-4-10(7)8/h4,9-10,12-13,15-17,20,22-23,26,29H,5-8,11,14,18-19,21H2,1-3H3,(H,36,39);7,9H,1-6H2/b15-4+;/t22-,23+,26-,29+,33-,34+;7-/m01/s1. The number of sulfonamides is 1. The molecule has 8 rings (SSSR count). The van der Waals surface area contributed by atoms with Crippen LogP contribution in [-0.2, 0) is 36.2 Å². The fraction of sp³-hybridized carbons (Fsp3) is 0.595. The highest BCUT2D eigenvalue weighted by Crippen LogP contribution is 2.48. The average molecular weight is 795 g/mol. The highest BCUT2D eigenvalue weighted by Gasteiger charge is 2.49. The maximum atomic E-state index is 13.4. The molecular weight excluding hydrogens is 740 g/mol. The lowest BCUT2D eigenvalue weighted by molar-refractivity contribution is -0.136. The van der Waals surface area contributed by atoms with Gasteiger partial charge in [0, 0.05) is 61.2 Å². The van der Waals surface area contributed by atoms with E-state index in [9.17, 15) is 22.8 Å². The molecule has 13 heteroatoms. The van der Waals surface area contributed by atoms with Crippen molar-refractivity contribution in [2.45, 2.75) is 93.9 Å². The molecule has 2 bridgehead atoms. The number of piperidine rings is 1. The van der Waals surface area contributed by atoms with E-state index in [1.807, 2.05) is 30.0 Å². The van der Waals surface area contributed by atoms with Crippen LogP contribution in [0.3, 0.4) is 0 Å². The number of methoxy groups -OCH3 is 1. The number of rotatable bonds is 2. The topological polar surface area (TPSA) is 134 Å². The Labute approximate surface area is 330 Å². The summed E-state index contributed by atoms with van der Waals surface area (Å²) in [7, 11) is -2.41. The van der Waals surface area contributed by atoms with Crippen molar-refractivity contribution < 1.29 is 32.3 Å². The number of nitrogens with zero attached hydrogens (tertiary/aromatic N) is 2. The molecule has 3 fully saturated rings. The van der Waals surface area contributed by atoms with E-state index in [1.54, 1.807) is 32.2 Å². The molecule has 2 aromatic carbocycles. The van der Waals surface area contributed by atoms with Crippen LogP contribution in [0.25, 0.3) is 0 Å². The van der Waals surface area contributed by atoms with Crippen LogP contribution in [-0.4, -0.2) is 94.8 Å². The number of aldehydes is 1. The van der Waals surface area contributed by atoms with Gasteiger partial charge in [0.15, 0.2) is 6.29 Å². The van der Waals surface area contributed by atoms with Gasteiger partial charge >= 0.3 is 0 Å². The molecule has 1 saturated carbocycles. The van der Waals surface area contributed by atoms with Crippen molar-refractivity contribution in [1.82, 2.24) is 14.9 Å². The summed E-state index contributed by atoms with van der Waals surface area (Å²) in [4.78, 5) is 41.7. The van der Waals surface area contributed by atoms with Crippen molar-refractivity contribution in [2.24, 2.45) is 17.8 Å². The average Bonchev–Trinajstić information content (AvgIpc) is 3.32. The summed E-state index contributed by atoms with van der Waals surface area (Å²) in [6.45, 7) is 7.72. The van der Waals surface area contributed by atoms with Crippen LogP contribution in [0.5, 0.6) is 5.75 Å². The molecule has 55 heavy (non-hydrogen) atoms. The number of hydrogen-bond donors (Lipinski definition) is 2. The first-order valence-corrected chi connectivity index (χ1v) is 21.9. The van der Waals surface area contributed by atoms with Gasteiger partial charge in [-0.1, -0.05) is 30.7 Å². The Bertz CT molecular complexity index is 1920. The van der Waals surface area contributed by atoms with Gasteiger partial charge in [-0.05, 0) is 124 Å². The number of fused-ring (bicyclic) bond motifs is 5. The van der Waals surface area contributed by atoms with Gasteiger partial charge in [0.2, 0.25) is 15.9 Å². The Kier molecular flexibility index (Phi) is 11.7. The number of anilines is 1. The van der Waals surface area contributed by atoms with Crippen molar-refractivity contribution in [3.63, 3.8) is 0 Å². The molecule has 0 unspecified atom stereocenters. The summed E-state index contributed by atoms with van der Waals surface area (Å²) in [5, 5.41) is 3.02. The number of carbonyl (C=O) groups excluding carboxylic acids is 3. The Morgan fingerprint density at radius 3 is 2.64 bits per heavy atom. The molecule has 6 aliphatic rings. The highest BCUT2D eigenvalue weighted by molar-refractivity contribution is 7.90. The third kappa shape index (κ3) is 7.93. The number of ether oxygens (including phenoxy) is 2. The quantitative estimate of drug-likeness (QED) is 0.301. The molecule has 2 amide bonds. The van der Waals surface area contributed by atoms with Crippen molar-refractivity contribution in [1.29, 1.82) is 0 Å². The first kappa shape index (κ1) is 39.8. The van der Waals surface area contributed by atoms with Gasteiger partial charge in [-0.2, -0.15) is 0 Å².